The van der Waals surface area contributed by atoms with E-state index in [1.54, 1.807) is 12.1 Å². The number of carboxylic acids is 1. The molecule has 1 heterocycles. The van der Waals surface area contributed by atoms with Gasteiger partial charge in [0.15, 0.2) is 11.5 Å². The van der Waals surface area contributed by atoms with Gasteiger partial charge < -0.3 is 24.8 Å². The van der Waals surface area contributed by atoms with Gasteiger partial charge in [-0.1, -0.05) is 0 Å². The van der Waals surface area contributed by atoms with Gasteiger partial charge in [0.05, 0.1) is 6.61 Å². The molecule has 1 amide bonds. The third-order valence-electron chi connectivity index (χ3n) is 4.69. The van der Waals surface area contributed by atoms with E-state index in [1.165, 1.54) is 17.9 Å². The van der Waals surface area contributed by atoms with Gasteiger partial charge in [0, 0.05) is 37.7 Å². The van der Waals surface area contributed by atoms with Crippen molar-refractivity contribution in [3.05, 3.63) is 18.2 Å². The molecule has 7 nitrogen and oxygen atoms in total. The second-order valence-corrected chi connectivity index (χ2v) is 6.90. The molecule has 0 unspecified atom stereocenters. The molecule has 148 valence electrons. The Labute approximate surface area is 155 Å². The van der Waals surface area contributed by atoms with Crippen molar-refractivity contribution in [2.45, 2.75) is 44.9 Å². The topological polar surface area (TPSA) is 88.1 Å². The van der Waals surface area contributed by atoms with Gasteiger partial charge in [-0.15, -0.1) is 0 Å². The Balaban J connectivity index is 1.71. The van der Waals surface area contributed by atoms with Crippen molar-refractivity contribution in [3.8, 4) is 11.5 Å². The zero-order chi connectivity index (χ0) is 19.6. The molecule has 27 heavy (non-hydrogen) atoms. The molecule has 1 saturated carbocycles. The van der Waals surface area contributed by atoms with Gasteiger partial charge >= 0.3 is 12.6 Å². The van der Waals surface area contributed by atoms with Crippen LogP contribution in [0.1, 0.15) is 26.2 Å². The number of anilines is 1. The van der Waals surface area contributed by atoms with Crippen LogP contribution in [-0.4, -0.2) is 53.7 Å². The van der Waals surface area contributed by atoms with Crippen molar-refractivity contribution in [2.24, 2.45) is 5.92 Å². The number of nitrogens with zero attached hydrogens (tertiary/aromatic N) is 1. The third kappa shape index (κ3) is 4.99. The summed E-state index contributed by atoms with van der Waals surface area (Å²) in [5, 5.41) is 12.4. The summed E-state index contributed by atoms with van der Waals surface area (Å²) in [5.74, 6) is -0.749. The van der Waals surface area contributed by atoms with E-state index in [4.69, 9.17) is 4.74 Å². The Morgan fingerprint density at radius 2 is 2.07 bits per heavy atom. The first kappa shape index (κ1) is 19.2. The third-order valence-corrected chi connectivity index (χ3v) is 4.69. The van der Waals surface area contributed by atoms with E-state index in [9.17, 15) is 23.5 Å². The van der Waals surface area contributed by atoms with Crippen LogP contribution in [0.4, 0.5) is 14.5 Å². The zero-order valence-corrected chi connectivity index (χ0v) is 14.9. The lowest BCUT2D eigenvalue weighted by Gasteiger charge is -2.19. The van der Waals surface area contributed by atoms with Crippen LogP contribution in [-0.2, 0) is 9.59 Å². The SMILES string of the molecule is CC(=O)N1C[C@@H](Nc2ccc(OC(F)F)c(OCC3CC3)c2)C[C@H]1C(=O)O. The average molecular weight is 384 g/mol. The van der Waals surface area contributed by atoms with Crippen molar-refractivity contribution in [1.82, 2.24) is 4.90 Å². The molecule has 3 rings (SSSR count). The summed E-state index contributed by atoms with van der Waals surface area (Å²) in [5.41, 5.74) is 0.585. The fourth-order valence-corrected chi connectivity index (χ4v) is 3.15. The van der Waals surface area contributed by atoms with Crippen molar-refractivity contribution >= 4 is 17.6 Å². The van der Waals surface area contributed by atoms with Crippen LogP contribution in [0.3, 0.4) is 0 Å². The van der Waals surface area contributed by atoms with E-state index in [0.29, 0.717) is 18.2 Å². The summed E-state index contributed by atoms with van der Waals surface area (Å²) in [7, 11) is 0. The summed E-state index contributed by atoms with van der Waals surface area (Å²) < 4.78 is 35.3. The number of aliphatic carboxylic acids is 1. The first-order valence-electron chi connectivity index (χ1n) is 8.81. The molecule has 0 spiro atoms. The highest BCUT2D eigenvalue weighted by atomic mass is 19.3. The molecular formula is C18H22F2N2O5. The standard InChI is InChI=1S/C18H22F2N2O5/c1-10(23)22-8-13(6-14(22)17(24)25)21-12-4-5-15(27-18(19)20)16(7-12)26-9-11-2-3-11/h4-5,7,11,13-14,18,21H,2-3,6,8-9H2,1H3,(H,24,25)/t13-,14-/m0/s1. The smallest absolute Gasteiger partial charge is 0.387 e. The number of hydrogen-bond donors (Lipinski definition) is 2. The second kappa shape index (κ2) is 7.98. The molecule has 2 atom stereocenters. The van der Waals surface area contributed by atoms with Crippen molar-refractivity contribution < 1.29 is 33.0 Å². The zero-order valence-electron chi connectivity index (χ0n) is 14.9. The van der Waals surface area contributed by atoms with Crippen LogP contribution >= 0.6 is 0 Å². The Morgan fingerprint density at radius 3 is 2.63 bits per heavy atom. The van der Waals surface area contributed by atoms with Gasteiger partial charge in [-0.2, -0.15) is 8.78 Å². The molecule has 0 bridgehead atoms. The van der Waals surface area contributed by atoms with E-state index in [2.05, 4.69) is 10.1 Å². The van der Waals surface area contributed by atoms with E-state index in [-0.39, 0.29) is 36.4 Å². The second-order valence-electron chi connectivity index (χ2n) is 6.90. The fraction of sp³-hybridized carbons (Fsp3) is 0.556. The minimum Gasteiger partial charge on any atom is -0.489 e. The quantitative estimate of drug-likeness (QED) is 0.716. The Kier molecular flexibility index (Phi) is 5.67. The van der Waals surface area contributed by atoms with Crippen LogP contribution in [0.25, 0.3) is 0 Å². The number of nitrogens with one attached hydrogen (secondary N) is 1. The summed E-state index contributed by atoms with van der Waals surface area (Å²) in [6.45, 7) is -0.938. The summed E-state index contributed by atoms with van der Waals surface area (Å²) in [4.78, 5) is 24.3. The number of ether oxygens (including phenoxy) is 2. The fourth-order valence-electron chi connectivity index (χ4n) is 3.15. The lowest BCUT2D eigenvalue weighted by atomic mass is 10.1. The van der Waals surface area contributed by atoms with Gasteiger partial charge in [0.1, 0.15) is 6.04 Å². The summed E-state index contributed by atoms with van der Waals surface area (Å²) in [6.07, 6.45) is 2.37. The molecule has 1 aromatic rings. The maximum Gasteiger partial charge on any atom is 0.387 e. The number of carboxylic acid groups (broad SMARTS) is 1. The number of likely N-dealkylation sites (tertiary alicyclic amines) is 1. The van der Waals surface area contributed by atoms with Gasteiger partial charge in [-0.3, -0.25) is 4.79 Å². The summed E-state index contributed by atoms with van der Waals surface area (Å²) in [6, 6.07) is 3.36. The first-order valence-corrected chi connectivity index (χ1v) is 8.81. The van der Waals surface area contributed by atoms with Crippen LogP contribution in [0.5, 0.6) is 11.5 Å². The monoisotopic (exact) mass is 384 g/mol. The largest absolute Gasteiger partial charge is 0.489 e. The highest BCUT2D eigenvalue weighted by molar-refractivity contribution is 5.83. The van der Waals surface area contributed by atoms with Crippen LogP contribution < -0.4 is 14.8 Å². The molecule has 2 aliphatic rings. The molecule has 2 N–H and O–H groups in total. The number of carbonyl (C=O) groups excluding carboxylic acids is 1. The highest BCUT2D eigenvalue weighted by Crippen LogP contribution is 2.36. The minimum atomic E-state index is -2.96. The Hall–Kier alpha value is -2.58. The van der Waals surface area contributed by atoms with Crippen molar-refractivity contribution in [2.75, 3.05) is 18.5 Å². The molecule has 0 radical (unpaired) electrons. The molecule has 1 aromatic carbocycles. The van der Waals surface area contributed by atoms with E-state index in [1.807, 2.05) is 0 Å². The number of carbonyl (C=O) groups is 2. The van der Waals surface area contributed by atoms with E-state index < -0.39 is 18.6 Å². The normalized spacial score (nSPS) is 22.0. The molecule has 1 saturated heterocycles. The number of amides is 1. The molecule has 1 aliphatic carbocycles. The predicted octanol–water partition coefficient (Wildman–Crippen LogP) is 2.56. The van der Waals surface area contributed by atoms with E-state index in [0.717, 1.165) is 12.8 Å². The Bertz CT molecular complexity index is 689. The lowest BCUT2D eigenvalue weighted by Crippen LogP contribution is -2.39. The van der Waals surface area contributed by atoms with Crippen LogP contribution in [0.15, 0.2) is 18.2 Å². The predicted molar refractivity (Wildman–Crippen MR) is 92.1 cm³/mol. The van der Waals surface area contributed by atoms with Gasteiger partial charge in [-0.05, 0) is 30.9 Å². The average Bonchev–Trinajstić information content (AvgIpc) is 3.32. The van der Waals surface area contributed by atoms with Crippen molar-refractivity contribution in [3.63, 3.8) is 0 Å². The number of rotatable bonds is 8. The highest BCUT2D eigenvalue weighted by Gasteiger charge is 2.38. The number of hydrogen-bond acceptors (Lipinski definition) is 5. The molecule has 1 aliphatic heterocycles. The van der Waals surface area contributed by atoms with Crippen LogP contribution in [0.2, 0.25) is 0 Å². The number of halogens is 2. The maximum atomic E-state index is 12.6. The molecular weight excluding hydrogens is 362 g/mol. The number of alkyl halides is 2. The maximum absolute atomic E-state index is 12.6. The Morgan fingerprint density at radius 1 is 1.33 bits per heavy atom. The van der Waals surface area contributed by atoms with Gasteiger partial charge in [0.25, 0.3) is 0 Å². The van der Waals surface area contributed by atoms with Gasteiger partial charge in [0.2, 0.25) is 5.91 Å². The minimum absolute atomic E-state index is 0.0450. The van der Waals surface area contributed by atoms with Crippen molar-refractivity contribution in [1.29, 1.82) is 0 Å². The molecule has 2 fully saturated rings. The first-order chi connectivity index (χ1) is 12.8. The lowest BCUT2D eigenvalue weighted by molar-refractivity contribution is -0.147. The molecule has 9 heteroatoms. The number of benzene rings is 1. The van der Waals surface area contributed by atoms with Gasteiger partial charge in [-0.25, -0.2) is 4.79 Å². The van der Waals surface area contributed by atoms with E-state index >= 15 is 0 Å². The van der Waals surface area contributed by atoms with Crippen LogP contribution in [0, 0.1) is 5.92 Å². The molecule has 0 aromatic heterocycles. The summed E-state index contributed by atoms with van der Waals surface area (Å²) >= 11 is 0.